The van der Waals surface area contributed by atoms with E-state index >= 15 is 0 Å². The van der Waals surface area contributed by atoms with Gasteiger partial charge in [0.15, 0.2) is 0 Å². The number of rotatable bonds is 3. The van der Waals surface area contributed by atoms with Gasteiger partial charge in [-0.1, -0.05) is 18.2 Å². The second-order valence-electron chi connectivity index (χ2n) is 7.92. The lowest BCUT2D eigenvalue weighted by Crippen LogP contribution is -2.47. The monoisotopic (exact) mass is 440 g/mol. The molecule has 0 radical (unpaired) electrons. The zero-order valence-electron chi connectivity index (χ0n) is 17.7. The Hall–Kier alpha value is -3.07. The zero-order valence-corrected chi connectivity index (χ0v) is 18.5. The molecule has 0 saturated carbocycles. The average Bonchev–Trinajstić information content (AvgIpc) is 3.01. The van der Waals surface area contributed by atoms with Crippen molar-refractivity contribution in [2.24, 2.45) is 0 Å². The van der Waals surface area contributed by atoms with Crippen molar-refractivity contribution >= 4 is 27.7 Å². The average molecular weight is 441 g/mol. The third-order valence-corrected chi connectivity index (χ3v) is 7.63. The van der Waals surface area contributed by atoms with Crippen molar-refractivity contribution in [3.63, 3.8) is 0 Å². The lowest BCUT2D eigenvalue weighted by Gasteiger charge is -2.32. The number of piperidine rings is 1. The molecule has 0 bridgehead atoms. The van der Waals surface area contributed by atoms with Crippen molar-refractivity contribution in [1.82, 2.24) is 20.2 Å². The second-order valence-corrected chi connectivity index (χ2v) is 9.80. The molecule has 31 heavy (non-hydrogen) atoms. The largest absolute Gasteiger partial charge is 0.348 e. The third kappa shape index (κ3) is 3.85. The minimum Gasteiger partial charge on any atom is -0.348 e. The molecule has 0 atom stereocenters. The molecule has 2 aliphatic rings. The van der Waals surface area contributed by atoms with Crippen molar-refractivity contribution < 1.29 is 18.0 Å². The number of likely N-dealkylation sites (tertiary alicyclic amines) is 1. The van der Waals surface area contributed by atoms with Crippen molar-refractivity contribution in [3.05, 3.63) is 57.5 Å². The number of aryl methyl sites for hydroxylation is 3. The number of hydrogen-bond donors (Lipinski definition) is 1. The Morgan fingerprint density at radius 3 is 2.32 bits per heavy atom. The Balaban J connectivity index is 1.40. The summed E-state index contributed by atoms with van der Waals surface area (Å²) < 4.78 is 25.5. The van der Waals surface area contributed by atoms with Crippen LogP contribution in [-0.4, -0.2) is 54.2 Å². The normalized spacial score (nSPS) is 17.8. The number of carbonyl (C=O) groups is 2. The number of benzene rings is 1. The minimum atomic E-state index is -3.79. The Labute approximate surface area is 181 Å². The minimum absolute atomic E-state index is 0.120. The molecule has 1 aromatic heterocycles. The van der Waals surface area contributed by atoms with Gasteiger partial charge in [0.05, 0.1) is 22.0 Å². The van der Waals surface area contributed by atoms with Gasteiger partial charge in [-0.25, -0.2) is 13.4 Å². The van der Waals surface area contributed by atoms with E-state index in [9.17, 15) is 18.0 Å². The van der Waals surface area contributed by atoms with E-state index in [1.54, 1.807) is 30.0 Å². The van der Waals surface area contributed by atoms with E-state index in [1.165, 1.54) is 12.1 Å². The number of aromatic nitrogens is 2. The van der Waals surface area contributed by atoms with Gasteiger partial charge in [0, 0.05) is 19.1 Å². The number of nitrogens with zero attached hydrogens (tertiary/aromatic N) is 3. The highest BCUT2D eigenvalue weighted by molar-refractivity contribution is 7.96. The van der Waals surface area contributed by atoms with Crippen LogP contribution in [0.15, 0.2) is 34.1 Å². The second kappa shape index (κ2) is 7.88. The summed E-state index contributed by atoms with van der Waals surface area (Å²) in [5.41, 5.74) is 2.92. The molecular weight excluding hydrogens is 416 g/mol. The molecule has 2 amide bonds. The number of sulfone groups is 1. The lowest BCUT2D eigenvalue weighted by molar-refractivity contribution is -0.127. The third-order valence-electron chi connectivity index (χ3n) is 5.81. The number of hydrogen-bond acceptors (Lipinski definition) is 6. The molecule has 0 spiro atoms. The van der Waals surface area contributed by atoms with Gasteiger partial charge in [0.1, 0.15) is 10.6 Å². The van der Waals surface area contributed by atoms with E-state index in [2.05, 4.69) is 15.3 Å². The highest BCUT2D eigenvalue weighted by atomic mass is 32.2. The molecule has 1 saturated heterocycles. The first-order chi connectivity index (χ1) is 14.7. The number of carbonyl (C=O) groups excluding carboxylic acids is 2. The smallest absolute Gasteiger partial charge is 0.271 e. The fraction of sp³-hybridized carbons (Fsp3) is 0.364. The summed E-state index contributed by atoms with van der Waals surface area (Å²) in [6.07, 6.45) is 2.52. The standard InChI is InChI=1S/C22H24N4O4S/c1-13-14(2)24-20(15(3)23-13)21(27)25-17-8-10-26(11-9-17)22(28)19-12-16-6-4-5-7-18(16)31(19,29)30/h4-7,12,17H,8-11H2,1-3H3,(H,25,27). The molecule has 2 aliphatic heterocycles. The van der Waals surface area contributed by atoms with Crippen molar-refractivity contribution in [1.29, 1.82) is 0 Å². The Morgan fingerprint density at radius 2 is 1.65 bits per heavy atom. The van der Waals surface area contributed by atoms with Crippen LogP contribution in [0.4, 0.5) is 0 Å². The van der Waals surface area contributed by atoms with Crippen molar-refractivity contribution in [3.8, 4) is 0 Å². The van der Waals surface area contributed by atoms with Crippen LogP contribution in [0.2, 0.25) is 0 Å². The summed E-state index contributed by atoms with van der Waals surface area (Å²) in [6, 6.07) is 6.47. The number of fused-ring (bicyclic) bond motifs is 1. The quantitative estimate of drug-likeness (QED) is 0.781. The summed E-state index contributed by atoms with van der Waals surface area (Å²) in [4.78, 5) is 35.8. The van der Waals surface area contributed by atoms with Gasteiger partial charge in [0.2, 0.25) is 9.84 Å². The molecule has 2 aromatic rings. The Bertz CT molecular complexity index is 1210. The van der Waals surface area contributed by atoms with Crippen LogP contribution in [-0.2, 0) is 14.6 Å². The molecule has 1 fully saturated rings. The van der Waals surface area contributed by atoms with Crippen molar-refractivity contribution in [2.45, 2.75) is 44.6 Å². The molecule has 8 nitrogen and oxygen atoms in total. The van der Waals surface area contributed by atoms with E-state index in [-0.39, 0.29) is 21.7 Å². The predicted molar refractivity (Wildman–Crippen MR) is 115 cm³/mol. The number of amides is 2. The maximum Gasteiger partial charge on any atom is 0.271 e. The van der Waals surface area contributed by atoms with Crippen LogP contribution >= 0.6 is 0 Å². The van der Waals surface area contributed by atoms with E-state index in [0.29, 0.717) is 48.6 Å². The summed E-state index contributed by atoms with van der Waals surface area (Å²) >= 11 is 0. The molecular formula is C22H24N4O4S. The van der Waals surface area contributed by atoms with Crippen LogP contribution in [0, 0.1) is 20.8 Å². The lowest BCUT2D eigenvalue weighted by atomic mass is 10.0. The first-order valence-electron chi connectivity index (χ1n) is 10.2. The van der Waals surface area contributed by atoms with E-state index in [0.717, 1.165) is 5.69 Å². The number of nitrogens with one attached hydrogen (secondary N) is 1. The summed E-state index contributed by atoms with van der Waals surface area (Å²) in [6.45, 7) is 6.15. The first-order valence-corrected chi connectivity index (χ1v) is 11.6. The Morgan fingerprint density at radius 1 is 1.00 bits per heavy atom. The van der Waals surface area contributed by atoms with Crippen molar-refractivity contribution in [2.75, 3.05) is 13.1 Å². The molecule has 4 rings (SSSR count). The van der Waals surface area contributed by atoms with Gasteiger partial charge in [-0.05, 0) is 51.3 Å². The highest BCUT2D eigenvalue weighted by Gasteiger charge is 2.37. The van der Waals surface area contributed by atoms with Crippen LogP contribution < -0.4 is 5.32 Å². The van der Waals surface area contributed by atoms with E-state index < -0.39 is 15.7 Å². The van der Waals surface area contributed by atoms with Gasteiger partial charge in [-0.15, -0.1) is 0 Å². The molecule has 0 aliphatic carbocycles. The first kappa shape index (κ1) is 21.2. The van der Waals surface area contributed by atoms with E-state index in [4.69, 9.17) is 0 Å². The molecule has 1 N–H and O–H groups in total. The maximum absolute atomic E-state index is 12.9. The van der Waals surface area contributed by atoms with Gasteiger partial charge >= 0.3 is 0 Å². The Kier molecular flexibility index (Phi) is 5.38. The van der Waals surface area contributed by atoms with Crippen LogP contribution in [0.1, 0.15) is 46.0 Å². The van der Waals surface area contributed by atoms with Gasteiger partial charge in [-0.2, -0.15) is 0 Å². The molecule has 3 heterocycles. The zero-order chi connectivity index (χ0) is 22.3. The fourth-order valence-electron chi connectivity index (χ4n) is 3.92. The molecule has 1 aromatic carbocycles. The molecule has 162 valence electrons. The fourth-order valence-corrected chi connectivity index (χ4v) is 5.50. The van der Waals surface area contributed by atoms with Gasteiger partial charge in [-0.3, -0.25) is 14.6 Å². The van der Waals surface area contributed by atoms with Crippen LogP contribution in [0.3, 0.4) is 0 Å². The SMILES string of the molecule is Cc1nc(C)c(C(=O)NC2CCN(C(=O)C3=Cc4ccccc4S3(=O)=O)CC2)nc1C. The van der Waals surface area contributed by atoms with Gasteiger partial charge < -0.3 is 10.2 Å². The summed E-state index contributed by atoms with van der Waals surface area (Å²) in [5, 5.41) is 2.97. The summed E-state index contributed by atoms with van der Waals surface area (Å²) in [5.74, 6) is -0.772. The maximum atomic E-state index is 12.9. The molecule has 0 unspecified atom stereocenters. The van der Waals surface area contributed by atoms with E-state index in [1.807, 2.05) is 13.8 Å². The van der Waals surface area contributed by atoms with Crippen LogP contribution in [0.25, 0.3) is 6.08 Å². The van der Waals surface area contributed by atoms with Gasteiger partial charge in [0.25, 0.3) is 11.8 Å². The predicted octanol–water partition coefficient (Wildman–Crippen LogP) is 1.95. The summed E-state index contributed by atoms with van der Waals surface area (Å²) in [7, 11) is -3.79. The highest BCUT2D eigenvalue weighted by Crippen LogP contribution is 2.34. The molecule has 9 heteroatoms. The topological polar surface area (TPSA) is 109 Å². The van der Waals surface area contributed by atoms with Crippen LogP contribution in [0.5, 0.6) is 0 Å².